The highest BCUT2D eigenvalue weighted by Crippen LogP contribution is 2.30. The van der Waals surface area contributed by atoms with Crippen LogP contribution in [0.1, 0.15) is 38.3 Å². The highest BCUT2D eigenvalue weighted by atomic mass is 32.2. The van der Waals surface area contributed by atoms with E-state index in [2.05, 4.69) is 20.8 Å². The Morgan fingerprint density at radius 2 is 1.81 bits per heavy atom. The fraction of sp³-hybridized carbons (Fsp3) is 0.346. The van der Waals surface area contributed by atoms with Gasteiger partial charge in [0.15, 0.2) is 5.17 Å². The molecule has 1 aliphatic rings. The van der Waals surface area contributed by atoms with Crippen LogP contribution in [0, 0.1) is 5.92 Å². The van der Waals surface area contributed by atoms with Crippen molar-refractivity contribution in [3.8, 4) is 5.75 Å². The van der Waals surface area contributed by atoms with Crippen molar-refractivity contribution in [1.29, 1.82) is 0 Å². The second-order valence-electron chi connectivity index (χ2n) is 8.25. The number of imide groups is 1. The molecule has 0 saturated carbocycles. The molecule has 2 atom stereocenters. The van der Waals surface area contributed by atoms with Crippen LogP contribution < -0.4 is 15.4 Å². The average molecular weight is 511 g/mol. The van der Waals surface area contributed by atoms with Gasteiger partial charge in [0.25, 0.3) is 0 Å². The molecule has 1 heterocycles. The van der Waals surface area contributed by atoms with Gasteiger partial charge in [0.05, 0.1) is 12.5 Å². The Balaban J connectivity index is 1.66. The van der Waals surface area contributed by atoms with E-state index >= 15 is 0 Å². The predicted octanol–water partition coefficient (Wildman–Crippen LogP) is 4.07. The lowest BCUT2D eigenvalue weighted by Crippen LogP contribution is -2.43. The summed E-state index contributed by atoms with van der Waals surface area (Å²) < 4.78 is 10.7. The number of rotatable bonds is 10. The second kappa shape index (κ2) is 13.4. The highest BCUT2D eigenvalue weighted by Gasteiger charge is 2.41. The van der Waals surface area contributed by atoms with Gasteiger partial charge in [0, 0.05) is 5.71 Å². The van der Waals surface area contributed by atoms with Crippen LogP contribution in [0.3, 0.4) is 0 Å². The maximum Gasteiger partial charge on any atom is 0.413 e. The third-order valence-electron chi connectivity index (χ3n) is 5.19. The van der Waals surface area contributed by atoms with Gasteiger partial charge < -0.3 is 14.8 Å². The molecular weight excluding hydrogens is 480 g/mol. The van der Waals surface area contributed by atoms with Crippen molar-refractivity contribution < 1.29 is 23.9 Å². The summed E-state index contributed by atoms with van der Waals surface area (Å²) in [6, 6.07) is 17.5. The number of carbonyl (C=O) groups excluding carboxylic acids is 3. The van der Waals surface area contributed by atoms with Gasteiger partial charge >= 0.3 is 6.09 Å². The second-order valence-corrected chi connectivity index (χ2v) is 9.38. The van der Waals surface area contributed by atoms with E-state index < -0.39 is 23.2 Å². The van der Waals surface area contributed by atoms with Gasteiger partial charge in [0.2, 0.25) is 11.8 Å². The molecule has 0 radical (unpaired) electrons. The summed E-state index contributed by atoms with van der Waals surface area (Å²) in [5, 5.41) is 12.5. The van der Waals surface area contributed by atoms with E-state index in [9.17, 15) is 14.4 Å². The number of alkyl carbamates (subject to hydrolysis) is 1. The fourth-order valence-electron chi connectivity index (χ4n) is 3.43. The maximum absolute atomic E-state index is 12.9. The third-order valence-corrected chi connectivity index (χ3v) is 6.39. The summed E-state index contributed by atoms with van der Waals surface area (Å²) in [7, 11) is 0. The molecule has 2 unspecified atom stereocenters. The molecule has 190 valence electrons. The van der Waals surface area contributed by atoms with Crippen molar-refractivity contribution >= 4 is 40.5 Å². The number of benzene rings is 2. The van der Waals surface area contributed by atoms with Gasteiger partial charge in [-0.1, -0.05) is 54.2 Å². The summed E-state index contributed by atoms with van der Waals surface area (Å²) in [6.07, 6.45) is 0.0169. The van der Waals surface area contributed by atoms with Crippen molar-refractivity contribution in [2.75, 3.05) is 6.61 Å². The molecule has 0 aliphatic carbocycles. The number of hydrogen-bond donors (Lipinski definition) is 2. The smallest absolute Gasteiger partial charge is 0.413 e. The first-order valence-electron chi connectivity index (χ1n) is 11.7. The molecular formula is C26H30N4O5S. The fourth-order valence-corrected chi connectivity index (χ4v) is 4.51. The number of nitrogens with one attached hydrogen (secondary N) is 2. The number of amidine groups is 1. The molecule has 1 saturated heterocycles. The Morgan fingerprint density at radius 1 is 1.08 bits per heavy atom. The van der Waals surface area contributed by atoms with Gasteiger partial charge in [-0.2, -0.15) is 5.10 Å². The number of ether oxygens (including phenoxy) is 2. The molecule has 0 bridgehead atoms. The first-order chi connectivity index (χ1) is 17.4. The summed E-state index contributed by atoms with van der Waals surface area (Å²) in [5.74, 6) is -0.970. The highest BCUT2D eigenvalue weighted by molar-refractivity contribution is 8.15. The van der Waals surface area contributed by atoms with Gasteiger partial charge in [0.1, 0.15) is 17.6 Å². The van der Waals surface area contributed by atoms with Crippen LogP contribution in [0.15, 0.2) is 64.8 Å². The minimum atomic E-state index is -0.837. The summed E-state index contributed by atoms with van der Waals surface area (Å²) in [6.45, 7) is 5.82. The molecule has 1 aliphatic heterocycles. The number of nitrogens with zero attached hydrogens (tertiary/aromatic N) is 2. The van der Waals surface area contributed by atoms with E-state index in [0.29, 0.717) is 24.6 Å². The Morgan fingerprint density at radius 3 is 2.47 bits per heavy atom. The Hall–Kier alpha value is -3.66. The number of hydrogen-bond acceptors (Lipinski definition) is 8. The molecule has 0 spiro atoms. The number of amides is 3. The lowest BCUT2D eigenvalue weighted by Gasteiger charge is -2.19. The van der Waals surface area contributed by atoms with Crippen molar-refractivity contribution in [2.45, 2.75) is 45.5 Å². The molecule has 9 nitrogen and oxygen atoms in total. The quantitative estimate of drug-likeness (QED) is 0.367. The van der Waals surface area contributed by atoms with Crippen LogP contribution >= 0.6 is 11.8 Å². The van der Waals surface area contributed by atoms with Crippen LogP contribution in [0.4, 0.5) is 4.79 Å². The molecule has 3 amide bonds. The van der Waals surface area contributed by atoms with E-state index in [0.717, 1.165) is 34.3 Å². The van der Waals surface area contributed by atoms with Crippen LogP contribution in [0.25, 0.3) is 0 Å². The monoisotopic (exact) mass is 510 g/mol. The third kappa shape index (κ3) is 8.23. The first-order valence-corrected chi connectivity index (χ1v) is 12.5. The standard InChI is InChI=1S/C26H30N4O5S/c1-4-34-26(33)28-23(31)21(22-24(32)27-25(36-22)30-29-17(2)3)15-12-18-10-13-20(14-11-18)35-16-19-8-6-5-7-9-19/h5-11,13-14,21-22H,4,12,15-16H2,1-3H3,(H,27,30,32)(H,28,31,33). The van der Waals surface area contributed by atoms with Crippen molar-refractivity contribution in [3.63, 3.8) is 0 Å². The lowest BCUT2D eigenvalue weighted by atomic mass is 9.94. The largest absolute Gasteiger partial charge is 0.489 e. The zero-order chi connectivity index (χ0) is 25.9. The van der Waals surface area contributed by atoms with Crippen molar-refractivity contribution in [1.82, 2.24) is 10.6 Å². The van der Waals surface area contributed by atoms with E-state index in [4.69, 9.17) is 9.47 Å². The molecule has 2 aromatic carbocycles. The van der Waals surface area contributed by atoms with E-state index in [-0.39, 0.29) is 12.5 Å². The molecule has 0 aromatic heterocycles. The summed E-state index contributed by atoms with van der Waals surface area (Å²) in [4.78, 5) is 37.4. The van der Waals surface area contributed by atoms with Gasteiger partial charge in [-0.05, 0) is 56.9 Å². The van der Waals surface area contributed by atoms with Crippen LogP contribution in [0.5, 0.6) is 5.75 Å². The Kier molecular flexibility index (Phi) is 10.1. The molecule has 36 heavy (non-hydrogen) atoms. The van der Waals surface area contributed by atoms with Crippen LogP contribution in [0.2, 0.25) is 0 Å². The SMILES string of the molecule is CCOC(=O)NC(=O)C(CCc1ccc(OCc2ccccc2)cc1)C1SC(=NN=C(C)C)NC1=O. The lowest BCUT2D eigenvalue weighted by molar-refractivity contribution is -0.128. The summed E-state index contributed by atoms with van der Waals surface area (Å²) >= 11 is 1.13. The van der Waals surface area contributed by atoms with Gasteiger partial charge in [-0.3, -0.25) is 14.9 Å². The predicted molar refractivity (Wildman–Crippen MR) is 140 cm³/mol. The number of aryl methyl sites for hydroxylation is 1. The Labute approximate surface area is 214 Å². The molecule has 10 heteroatoms. The molecule has 2 aromatic rings. The van der Waals surface area contributed by atoms with E-state index in [1.54, 1.807) is 20.8 Å². The minimum Gasteiger partial charge on any atom is -0.489 e. The first kappa shape index (κ1) is 26.9. The zero-order valence-electron chi connectivity index (χ0n) is 20.5. The zero-order valence-corrected chi connectivity index (χ0v) is 21.3. The number of thioether (sulfide) groups is 1. The molecule has 1 fully saturated rings. The topological polar surface area (TPSA) is 118 Å². The normalized spacial score (nSPS) is 16.7. The molecule has 3 rings (SSSR count). The van der Waals surface area contributed by atoms with Crippen LogP contribution in [-0.2, 0) is 27.4 Å². The molecule has 2 N–H and O–H groups in total. The van der Waals surface area contributed by atoms with Crippen LogP contribution in [-0.4, -0.2) is 40.6 Å². The Bertz CT molecular complexity index is 1110. The summed E-state index contributed by atoms with van der Waals surface area (Å²) in [5.41, 5.74) is 2.78. The van der Waals surface area contributed by atoms with E-state index in [1.807, 2.05) is 54.6 Å². The van der Waals surface area contributed by atoms with Gasteiger partial charge in [-0.25, -0.2) is 4.79 Å². The maximum atomic E-state index is 12.9. The number of carbonyl (C=O) groups is 3. The van der Waals surface area contributed by atoms with E-state index in [1.165, 1.54) is 0 Å². The van der Waals surface area contributed by atoms with Gasteiger partial charge in [-0.15, -0.1) is 5.10 Å². The van der Waals surface area contributed by atoms with Crippen molar-refractivity contribution in [2.24, 2.45) is 16.1 Å². The average Bonchev–Trinajstić information content (AvgIpc) is 3.23. The minimum absolute atomic E-state index is 0.131. The van der Waals surface area contributed by atoms with Crippen molar-refractivity contribution in [3.05, 3.63) is 65.7 Å².